The van der Waals surface area contributed by atoms with Gasteiger partial charge in [0.2, 0.25) is 0 Å². The molecule has 5 nitrogen and oxygen atoms in total. The summed E-state index contributed by atoms with van der Waals surface area (Å²) in [5, 5.41) is 0. The number of likely N-dealkylation sites (tertiary alicyclic amines) is 1. The van der Waals surface area contributed by atoms with Crippen molar-refractivity contribution < 1.29 is 14.3 Å². The van der Waals surface area contributed by atoms with Crippen LogP contribution in [0.3, 0.4) is 0 Å². The summed E-state index contributed by atoms with van der Waals surface area (Å²) in [6, 6.07) is 21.8. The molecule has 36 heavy (non-hydrogen) atoms. The van der Waals surface area contributed by atoms with Crippen LogP contribution < -0.4 is 9.47 Å². The van der Waals surface area contributed by atoms with Crippen LogP contribution in [0.4, 0.5) is 5.69 Å². The van der Waals surface area contributed by atoms with Crippen LogP contribution in [0, 0.1) is 0 Å². The fourth-order valence-electron chi connectivity index (χ4n) is 4.26. The van der Waals surface area contributed by atoms with E-state index >= 15 is 0 Å². The predicted octanol–water partition coefficient (Wildman–Crippen LogP) is 6.95. The third-order valence-electron chi connectivity index (χ3n) is 6.52. The Morgan fingerprint density at radius 2 is 1.61 bits per heavy atom. The fraction of sp³-hybridized carbons (Fsp3) is 0.355. The van der Waals surface area contributed by atoms with Crippen LogP contribution in [-0.4, -0.2) is 37.2 Å². The average molecular weight is 485 g/mol. The van der Waals surface area contributed by atoms with Crippen LogP contribution in [0.25, 0.3) is 0 Å². The maximum absolute atomic E-state index is 12.7. The molecule has 0 aliphatic carbocycles. The minimum Gasteiger partial charge on any atom is -0.493 e. The lowest BCUT2D eigenvalue weighted by Crippen LogP contribution is -2.35. The highest BCUT2D eigenvalue weighted by atomic mass is 16.5. The lowest BCUT2D eigenvalue weighted by atomic mass is 9.87. The Kier molecular flexibility index (Phi) is 8.09. The number of aliphatic imine (C=N–C) groups is 1. The Morgan fingerprint density at radius 1 is 0.917 bits per heavy atom. The molecule has 0 N–H and O–H groups in total. The molecule has 3 aromatic rings. The van der Waals surface area contributed by atoms with Crippen molar-refractivity contribution in [2.45, 2.75) is 52.1 Å². The largest absolute Gasteiger partial charge is 0.493 e. The van der Waals surface area contributed by atoms with Crippen LogP contribution in [0.1, 0.15) is 67.1 Å². The molecule has 1 fully saturated rings. The van der Waals surface area contributed by atoms with Crippen molar-refractivity contribution in [1.29, 1.82) is 0 Å². The number of amides is 1. The number of nitrogens with zero attached hydrogens (tertiary/aromatic N) is 2. The lowest BCUT2D eigenvalue weighted by molar-refractivity contribution is 0.0724. The standard InChI is InChI=1S/C31H36N2O3/c1-31(2,3)26-13-15-27(16-14-26)32-21-24-10-17-28(29(20-24)35-4)36-22-23-8-11-25(12-9-23)30(34)33-18-6-5-7-19-33/h8-17,20-21H,5-7,18-19,22H2,1-4H3. The highest BCUT2D eigenvalue weighted by Gasteiger charge is 2.18. The Hall–Kier alpha value is -3.60. The van der Waals surface area contributed by atoms with Crippen molar-refractivity contribution in [2.24, 2.45) is 4.99 Å². The van der Waals surface area contributed by atoms with E-state index in [0.717, 1.165) is 48.3 Å². The second kappa shape index (κ2) is 11.4. The number of hydrogen-bond acceptors (Lipinski definition) is 4. The molecule has 0 radical (unpaired) electrons. The van der Waals surface area contributed by atoms with Crippen LogP contribution in [0.2, 0.25) is 0 Å². The number of hydrogen-bond donors (Lipinski definition) is 0. The predicted molar refractivity (Wildman–Crippen MR) is 146 cm³/mol. The van der Waals surface area contributed by atoms with Gasteiger partial charge in [-0.1, -0.05) is 45.0 Å². The van der Waals surface area contributed by atoms with Crippen molar-refractivity contribution >= 4 is 17.8 Å². The first-order chi connectivity index (χ1) is 17.3. The van der Waals surface area contributed by atoms with Crippen molar-refractivity contribution in [3.05, 3.63) is 89.0 Å². The van der Waals surface area contributed by atoms with Gasteiger partial charge in [0.05, 0.1) is 12.8 Å². The van der Waals surface area contributed by atoms with Gasteiger partial charge >= 0.3 is 0 Å². The number of rotatable bonds is 7. The highest BCUT2D eigenvalue weighted by Crippen LogP contribution is 2.29. The number of ether oxygens (including phenoxy) is 2. The monoisotopic (exact) mass is 484 g/mol. The van der Waals surface area contributed by atoms with E-state index in [2.05, 4.69) is 37.9 Å². The third kappa shape index (κ3) is 6.54. The van der Waals surface area contributed by atoms with Gasteiger partial charge in [0.25, 0.3) is 5.91 Å². The first-order valence-corrected chi connectivity index (χ1v) is 12.7. The molecule has 1 saturated heterocycles. The summed E-state index contributed by atoms with van der Waals surface area (Å²) >= 11 is 0. The summed E-state index contributed by atoms with van der Waals surface area (Å²) in [4.78, 5) is 19.2. The minimum absolute atomic E-state index is 0.117. The van der Waals surface area contributed by atoms with E-state index in [9.17, 15) is 4.79 Å². The number of carbonyl (C=O) groups is 1. The van der Waals surface area contributed by atoms with E-state index in [0.29, 0.717) is 18.1 Å². The molecule has 5 heteroatoms. The van der Waals surface area contributed by atoms with Crippen molar-refractivity contribution in [3.63, 3.8) is 0 Å². The van der Waals surface area contributed by atoms with Crippen molar-refractivity contribution in [3.8, 4) is 11.5 Å². The Balaban J connectivity index is 1.36. The molecular formula is C31H36N2O3. The second-order valence-electron chi connectivity index (χ2n) is 10.3. The minimum atomic E-state index is 0.117. The van der Waals surface area contributed by atoms with Crippen LogP contribution in [0.15, 0.2) is 71.7 Å². The van der Waals surface area contributed by atoms with Crippen molar-refractivity contribution in [1.82, 2.24) is 4.90 Å². The molecular weight excluding hydrogens is 448 g/mol. The average Bonchev–Trinajstić information content (AvgIpc) is 2.91. The number of benzene rings is 3. The SMILES string of the molecule is COc1cc(C=Nc2ccc(C(C)(C)C)cc2)ccc1OCc1ccc(C(=O)N2CCCCC2)cc1. The quantitative estimate of drug-likeness (QED) is 0.341. The fourth-order valence-corrected chi connectivity index (χ4v) is 4.26. The van der Waals surface area contributed by atoms with E-state index in [-0.39, 0.29) is 11.3 Å². The maximum Gasteiger partial charge on any atom is 0.253 e. The highest BCUT2D eigenvalue weighted by molar-refractivity contribution is 5.94. The lowest BCUT2D eigenvalue weighted by Gasteiger charge is -2.26. The van der Waals surface area contributed by atoms with E-state index in [1.807, 2.05) is 65.7 Å². The van der Waals surface area contributed by atoms with Gasteiger partial charge in [0.1, 0.15) is 6.61 Å². The summed E-state index contributed by atoms with van der Waals surface area (Å²) in [7, 11) is 1.63. The molecule has 1 heterocycles. The molecule has 1 aliphatic heterocycles. The molecule has 0 unspecified atom stereocenters. The Labute approximate surface area is 214 Å². The summed E-state index contributed by atoms with van der Waals surface area (Å²) in [5.74, 6) is 1.43. The summed E-state index contributed by atoms with van der Waals surface area (Å²) in [6.45, 7) is 8.71. The molecule has 0 bridgehead atoms. The third-order valence-corrected chi connectivity index (χ3v) is 6.52. The molecule has 0 atom stereocenters. The molecule has 0 aromatic heterocycles. The van der Waals surface area contributed by atoms with E-state index in [4.69, 9.17) is 9.47 Å². The van der Waals surface area contributed by atoms with Gasteiger partial charge in [-0.05, 0) is 83.8 Å². The zero-order valence-corrected chi connectivity index (χ0v) is 21.8. The van der Waals surface area contributed by atoms with Gasteiger partial charge in [0, 0.05) is 24.9 Å². The van der Waals surface area contributed by atoms with Gasteiger partial charge in [0.15, 0.2) is 11.5 Å². The topological polar surface area (TPSA) is 51.1 Å². The van der Waals surface area contributed by atoms with E-state index < -0.39 is 0 Å². The molecule has 0 saturated carbocycles. The van der Waals surface area contributed by atoms with Crippen LogP contribution in [-0.2, 0) is 12.0 Å². The molecule has 0 spiro atoms. The van der Waals surface area contributed by atoms with Gasteiger partial charge in [-0.2, -0.15) is 0 Å². The normalized spacial score (nSPS) is 14.2. The Morgan fingerprint density at radius 3 is 2.25 bits per heavy atom. The Bertz CT molecular complexity index is 1190. The molecule has 4 rings (SSSR count). The van der Waals surface area contributed by atoms with E-state index in [1.165, 1.54) is 12.0 Å². The van der Waals surface area contributed by atoms with Gasteiger partial charge in [-0.3, -0.25) is 9.79 Å². The second-order valence-corrected chi connectivity index (χ2v) is 10.3. The molecule has 1 amide bonds. The van der Waals surface area contributed by atoms with E-state index in [1.54, 1.807) is 7.11 Å². The first-order valence-electron chi connectivity index (χ1n) is 12.7. The van der Waals surface area contributed by atoms with Crippen LogP contribution in [0.5, 0.6) is 11.5 Å². The van der Waals surface area contributed by atoms with Gasteiger partial charge in [-0.25, -0.2) is 0 Å². The number of piperidine rings is 1. The molecule has 1 aliphatic rings. The zero-order chi connectivity index (χ0) is 25.5. The smallest absolute Gasteiger partial charge is 0.253 e. The van der Waals surface area contributed by atoms with Gasteiger partial charge in [-0.15, -0.1) is 0 Å². The summed E-state index contributed by atoms with van der Waals surface area (Å²) < 4.78 is 11.6. The maximum atomic E-state index is 12.7. The first kappa shape index (κ1) is 25.5. The van der Waals surface area contributed by atoms with Crippen LogP contribution >= 0.6 is 0 Å². The molecule has 188 valence electrons. The summed E-state index contributed by atoms with van der Waals surface area (Å²) in [6.07, 6.45) is 5.22. The zero-order valence-electron chi connectivity index (χ0n) is 21.8. The van der Waals surface area contributed by atoms with Gasteiger partial charge < -0.3 is 14.4 Å². The molecule has 3 aromatic carbocycles. The number of carbonyl (C=O) groups excluding carboxylic acids is 1. The number of methoxy groups -OCH3 is 1. The van der Waals surface area contributed by atoms with Crippen molar-refractivity contribution in [2.75, 3.05) is 20.2 Å². The summed E-state index contributed by atoms with van der Waals surface area (Å²) in [5.41, 5.74) is 4.97.